The topological polar surface area (TPSA) is 12.9 Å². The minimum Gasteiger partial charge on any atom is -0.260 e. The van der Waals surface area contributed by atoms with E-state index >= 15 is 0 Å². The molecule has 0 atom stereocenters. The highest BCUT2D eigenvalue weighted by molar-refractivity contribution is 9.13. The molecular formula is C8H9Br2N. The van der Waals surface area contributed by atoms with Crippen molar-refractivity contribution in [3.8, 4) is 0 Å². The smallest absolute Gasteiger partial charge is 0.0501 e. The van der Waals surface area contributed by atoms with Gasteiger partial charge >= 0.3 is 0 Å². The third kappa shape index (κ3) is 2.56. The first kappa shape index (κ1) is 9.20. The molecule has 11 heavy (non-hydrogen) atoms. The lowest BCUT2D eigenvalue weighted by Crippen LogP contribution is -1.88. The average molecular weight is 279 g/mol. The Labute approximate surface area is 83.5 Å². The molecule has 1 aromatic rings. The van der Waals surface area contributed by atoms with Crippen molar-refractivity contribution in [3.05, 3.63) is 26.9 Å². The summed E-state index contributed by atoms with van der Waals surface area (Å²) < 4.78 is 2.09. The van der Waals surface area contributed by atoms with Crippen LogP contribution in [-0.4, -0.2) is 4.98 Å². The van der Waals surface area contributed by atoms with Gasteiger partial charge in [-0.25, -0.2) is 0 Å². The van der Waals surface area contributed by atoms with Crippen LogP contribution in [0.4, 0.5) is 0 Å². The van der Waals surface area contributed by atoms with Crippen molar-refractivity contribution >= 4 is 31.9 Å². The number of nitrogens with zero attached hydrogens (tertiary/aromatic N) is 1. The molecule has 1 heterocycles. The van der Waals surface area contributed by atoms with Crippen LogP contribution in [0.1, 0.15) is 19.0 Å². The number of hydrogen-bond donors (Lipinski definition) is 0. The van der Waals surface area contributed by atoms with Gasteiger partial charge in [0.05, 0.1) is 4.47 Å². The summed E-state index contributed by atoms with van der Waals surface area (Å²) in [5.41, 5.74) is 1.14. The Hall–Kier alpha value is 0.110. The van der Waals surface area contributed by atoms with Gasteiger partial charge in [0, 0.05) is 16.4 Å². The Morgan fingerprint density at radius 2 is 2.09 bits per heavy atom. The molecule has 0 aliphatic rings. The molecule has 0 saturated heterocycles. The summed E-state index contributed by atoms with van der Waals surface area (Å²) in [6.07, 6.45) is 4.02. The van der Waals surface area contributed by atoms with E-state index in [9.17, 15) is 0 Å². The van der Waals surface area contributed by atoms with E-state index in [4.69, 9.17) is 0 Å². The molecule has 1 rings (SSSR count). The molecule has 0 aliphatic heterocycles. The molecule has 3 heteroatoms. The zero-order chi connectivity index (χ0) is 8.27. The van der Waals surface area contributed by atoms with Gasteiger partial charge in [-0.1, -0.05) is 13.3 Å². The fourth-order valence-electron chi connectivity index (χ4n) is 0.847. The molecule has 1 aromatic heterocycles. The molecule has 0 aromatic carbocycles. The van der Waals surface area contributed by atoms with Crippen LogP contribution in [0.15, 0.2) is 21.2 Å². The normalized spacial score (nSPS) is 10.1. The van der Waals surface area contributed by atoms with Crippen LogP contribution in [0, 0.1) is 0 Å². The van der Waals surface area contributed by atoms with Gasteiger partial charge in [-0.05, 0) is 44.3 Å². The zero-order valence-corrected chi connectivity index (χ0v) is 9.44. The summed E-state index contributed by atoms with van der Waals surface area (Å²) in [6, 6.07) is 2.05. The second kappa shape index (κ2) is 4.21. The number of aromatic nitrogens is 1. The summed E-state index contributed by atoms with van der Waals surface area (Å²) in [4.78, 5) is 4.25. The van der Waals surface area contributed by atoms with Crippen molar-refractivity contribution in [2.24, 2.45) is 0 Å². The molecular weight excluding hydrogens is 270 g/mol. The lowest BCUT2D eigenvalue weighted by atomic mass is 10.2. The molecule has 1 nitrogen and oxygen atoms in total. The maximum Gasteiger partial charge on any atom is 0.0501 e. The molecule has 0 amide bonds. The van der Waals surface area contributed by atoms with Crippen LogP contribution in [0.3, 0.4) is 0 Å². The van der Waals surface area contributed by atoms with Crippen molar-refractivity contribution in [2.75, 3.05) is 0 Å². The minimum absolute atomic E-state index is 1.01. The number of halogens is 2. The predicted octanol–water partition coefficient (Wildman–Crippen LogP) is 3.56. The molecule has 0 fully saturated rings. The number of hydrogen-bond acceptors (Lipinski definition) is 1. The zero-order valence-electron chi connectivity index (χ0n) is 6.27. The lowest BCUT2D eigenvalue weighted by Gasteiger charge is -1.99. The highest BCUT2D eigenvalue weighted by Crippen LogP contribution is 2.22. The van der Waals surface area contributed by atoms with E-state index in [0.717, 1.165) is 27.5 Å². The van der Waals surface area contributed by atoms with Crippen LogP contribution >= 0.6 is 31.9 Å². The van der Waals surface area contributed by atoms with Gasteiger partial charge in [-0.2, -0.15) is 0 Å². The number of pyridine rings is 1. The highest BCUT2D eigenvalue weighted by Gasteiger charge is 1.98. The number of aryl methyl sites for hydroxylation is 1. The quantitative estimate of drug-likeness (QED) is 0.806. The Balaban J connectivity index is 2.86. The maximum atomic E-state index is 4.25. The van der Waals surface area contributed by atoms with E-state index in [-0.39, 0.29) is 0 Å². The minimum atomic E-state index is 1.01. The average Bonchev–Trinajstić information content (AvgIpc) is 1.98. The SMILES string of the molecule is CCCc1cc(Br)c(Br)cn1. The van der Waals surface area contributed by atoms with Crippen molar-refractivity contribution in [1.29, 1.82) is 0 Å². The Kier molecular flexibility index (Phi) is 3.52. The fraction of sp³-hybridized carbons (Fsp3) is 0.375. The summed E-state index contributed by atoms with van der Waals surface area (Å²) in [5, 5.41) is 0. The van der Waals surface area contributed by atoms with Crippen molar-refractivity contribution in [3.63, 3.8) is 0 Å². The standard InChI is InChI=1S/C8H9Br2N/c1-2-3-6-4-7(9)8(10)5-11-6/h4-5H,2-3H2,1H3. The first-order chi connectivity index (χ1) is 5.24. The third-order valence-corrected chi connectivity index (χ3v) is 3.19. The monoisotopic (exact) mass is 277 g/mol. The van der Waals surface area contributed by atoms with E-state index in [2.05, 4.69) is 43.8 Å². The fourth-order valence-corrected chi connectivity index (χ4v) is 1.43. The van der Waals surface area contributed by atoms with Crippen LogP contribution in [0.5, 0.6) is 0 Å². The van der Waals surface area contributed by atoms with Crippen LogP contribution < -0.4 is 0 Å². The lowest BCUT2D eigenvalue weighted by molar-refractivity contribution is 0.880. The van der Waals surface area contributed by atoms with E-state index in [1.807, 2.05) is 12.3 Å². The van der Waals surface area contributed by atoms with E-state index in [0.29, 0.717) is 0 Å². The molecule has 0 radical (unpaired) electrons. The maximum absolute atomic E-state index is 4.25. The van der Waals surface area contributed by atoms with Crippen molar-refractivity contribution < 1.29 is 0 Å². The van der Waals surface area contributed by atoms with Crippen LogP contribution in [0.25, 0.3) is 0 Å². The van der Waals surface area contributed by atoms with Crippen LogP contribution in [-0.2, 0) is 6.42 Å². The highest BCUT2D eigenvalue weighted by atomic mass is 79.9. The Morgan fingerprint density at radius 3 is 2.64 bits per heavy atom. The second-order valence-corrected chi connectivity index (χ2v) is 4.05. The molecule has 0 aliphatic carbocycles. The molecule has 0 unspecified atom stereocenters. The van der Waals surface area contributed by atoms with Gasteiger partial charge in [0.2, 0.25) is 0 Å². The van der Waals surface area contributed by atoms with Gasteiger partial charge in [-0.3, -0.25) is 4.98 Å². The third-order valence-electron chi connectivity index (χ3n) is 1.37. The Bertz CT molecular complexity index is 248. The first-order valence-electron chi connectivity index (χ1n) is 3.54. The second-order valence-electron chi connectivity index (χ2n) is 2.34. The largest absolute Gasteiger partial charge is 0.260 e. The number of rotatable bonds is 2. The van der Waals surface area contributed by atoms with E-state index < -0.39 is 0 Å². The molecule has 0 bridgehead atoms. The van der Waals surface area contributed by atoms with E-state index in [1.165, 1.54) is 0 Å². The van der Waals surface area contributed by atoms with Gasteiger partial charge in [0.15, 0.2) is 0 Å². The molecule has 60 valence electrons. The van der Waals surface area contributed by atoms with Gasteiger partial charge in [0.25, 0.3) is 0 Å². The summed E-state index contributed by atoms with van der Waals surface area (Å²) in [7, 11) is 0. The summed E-state index contributed by atoms with van der Waals surface area (Å²) in [5.74, 6) is 0. The summed E-state index contributed by atoms with van der Waals surface area (Å²) in [6.45, 7) is 2.15. The van der Waals surface area contributed by atoms with Crippen LogP contribution in [0.2, 0.25) is 0 Å². The molecule has 0 spiro atoms. The van der Waals surface area contributed by atoms with E-state index in [1.54, 1.807) is 0 Å². The summed E-state index contributed by atoms with van der Waals surface area (Å²) >= 11 is 6.80. The first-order valence-corrected chi connectivity index (χ1v) is 5.12. The van der Waals surface area contributed by atoms with Gasteiger partial charge < -0.3 is 0 Å². The van der Waals surface area contributed by atoms with Gasteiger partial charge in [-0.15, -0.1) is 0 Å². The van der Waals surface area contributed by atoms with Crippen molar-refractivity contribution in [2.45, 2.75) is 19.8 Å². The Morgan fingerprint density at radius 1 is 1.36 bits per heavy atom. The van der Waals surface area contributed by atoms with Gasteiger partial charge in [0.1, 0.15) is 0 Å². The molecule has 0 N–H and O–H groups in total. The molecule has 0 saturated carbocycles. The van der Waals surface area contributed by atoms with Crippen molar-refractivity contribution in [1.82, 2.24) is 4.98 Å². The predicted molar refractivity (Wildman–Crippen MR) is 53.6 cm³/mol.